The lowest BCUT2D eigenvalue weighted by molar-refractivity contribution is 0.111. The number of carbonyl (C=O) groups excluding carboxylic acids is 1. The number of carbonyl (C=O) groups is 1. The third kappa shape index (κ3) is 4.72. The molecule has 5 heteroatoms. The summed E-state index contributed by atoms with van der Waals surface area (Å²) in [6.07, 6.45) is 6.19. The largest absolute Gasteiger partial charge is 0.490 e. The van der Waals surface area contributed by atoms with Gasteiger partial charge in [0.25, 0.3) is 0 Å². The van der Waals surface area contributed by atoms with Gasteiger partial charge < -0.3 is 15.0 Å². The van der Waals surface area contributed by atoms with Crippen molar-refractivity contribution in [3.63, 3.8) is 0 Å². The second-order valence-electron chi connectivity index (χ2n) is 5.95. The van der Waals surface area contributed by atoms with Gasteiger partial charge in [-0.1, -0.05) is 30.3 Å². The highest BCUT2D eigenvalue weighted by molar-refractivity contribution is 5.74. The first kappa shape index (κ1) is 16.3. The minimum atomic E-state index is 0.0216. The zero-order chi connectivity index (χ0) is 16.6. The van der Waals surface area contributed by atoms with E-state index in [1.165, 1.54) is 5.56 Å². The number of piperidine rings is 1. The second kappa shape index (κ2) is 8.34. The lowest BCUT2D eigenvalue weighted by Crippen LogP contribution is -2.46. The Morgan fingerprint density at radius 1 is 1.12 bits per heavy atom. The number of likely N-dealkylation sites (tertiary alicyclic amines) is 1. The standard InChI is InChI=1S/C19H23N3O2/c23-19(21-13-6-16-4-2-1-3-5-16)22-14-9-18(10-15-22)24-17-7-11-20-12-8-17/h1-5,7-8,11-12,18H,6,9-10,13-15H2,(H,21,23). The van der Waals surface area contributed by atoms with Gasteiger partial charge in [-0.05, 0) is 24.1 Å². The maximum Gasteiger partial charge on any atom is 0.317 e. The molecule has 0 unspecified atom stereocenters. The summed E-state index contributed by atoms with van der Waals surface area (Å²) in [5.41, 5.74) is 1.24. The van der Waals surface area contributed by atoms with Crippen LogP contribution in [-0.4, -0.2) is 41.7 Å². The first-order chi connectivity index (χ1) is 11.8. The quantitative estimate of drug-likeness (QED) is 0.920. The van der Waals surface area contributed by atoms with Crippen LogP contribution in [0.15, 0.2) is 54.9 Å². The van der Waals surface area contributed by atoms with Crippen molar-refractivity contribution in [2.75, 3.05) is 19.6 Å². The van der Waals surface area contributed by atoms with Crippen LogP contribution in [0, 0.1) is 0 Å². The molecule has 1 N–H and O–H groups in total. The molecule has 0 aliphatic carbocycles. The third-order valence-electron chi connectivity index (χ3n) is 4.21. The number of hydrogen-bond acceptors (Lipinski definition) is 3. The van der Waals surface area contributed by atoms with Gasteiger partial charge in [-0.3, -0.25) is 4.98 Å². The lowest BCUT2D eigenvalue weighted by Gasteiger charge is -2.32. The van der Waals surface area contributed by atoms with Gasteiger partial charge in [0.2, 0.25) is 0 Å². The Kier molecular flexibility index (Phi) is 5.66. The average Bonchev–Trinajstić information content (AvgIpc) is 2.64. The molecule has 126 valence electrons. The Bertz CT molecular complexity index is 626. The van der Waals surface area contributed by atoms with E-state index in [9.17, 15) is 4.79 Å². The van der Waals surface area contributed by atoms with E-state index in [0.717, 1.165) is 38.1 Å². The molecular weight excluding hydrogens is 302 g/mol. The van der Waals surface area contributed by atoms with Crippen molar-refractivity contribution in [1.82, 2.24) is 15.2 Å². The summed E-state index contributed by atoms with van der Waals surface area (Å²) in [7, 11) is 0. The first-order valence-electron chi connectivity index (χ1n) is 8.44. The number of pyridine rings is 1. The van der Waals surface area contributed by atoms with E-state index in [2.05, 4.69) is 22.4 Å². The van der Waals surface area contributed by atoms with Gasteiger partial charge in [0.1, 0.15) is 11.9 Å². The fourth-order valence-corrected chi connectivity index (χ4v) is 2.86. The number of nitrogens with zero attached hydrogens (tertiary/aromatic N) is 2. The molecule has 1 aromatic carbocycles. The number of benzene rings is 1. The van der Waals surface area contributed by atoms with E-state index in [0.29, 0.717) is 6.54 Å². The summed E-state index contributed by atoms with van der Waals surface area (Å²) >= 11 is 0. The second-order valence-corrected chi connectivity index (χ2v) is 5.95. The van der Waals surface area contributed by atoms with E-state index < -0.39 is 0 Å². The van der Waals surface area contributed by atoms with Gasteiger partial charge >= 0.3 is 6.03 Å². The minimum absolute atomic E-state index is 0.0216. The van der Waals surface area contributed by atoms with Gasteiger partial charge in [0.05, 0.1) is 0 Å². The molecule has 2 amide bonds. The Balaban J connectivity index is 1.37. The van der Waals surface area contributed by atoms with E-state index in [-0.39, 0.29) is 12.1 Å². The molecule has 2 heterocycles. The molecule has 0 atom stereocenters. The lowest BCUT2D eigenvalue weighted by atomic mass is 10.1. The summed E-state index contributed by atoms with van der Waals surface area (Å²) in [6, 6.07) is 13.9. The molecule has 1 saturated heterocycles. The molecule has 3 rings (SSSR count). The number of amides is 2. The van der Waals surface area contributed by atoms with E-state index in [1.807, 2.05) is 35.2 Å². The topological polar surface area (TPSA) is 54.5 Å². The van der Waals surface area contributed by atoms with Crippen molar-refractivity contribution in [3.8, 4) is 5.75 Å². The Morgan fingerprint density at radius 2 is 1.83 bits per heavy atom. The van der Waals surface area contributed by atoms with Crippen LogP contribution in [0.25, 0.3) is 0 Å². The molecule has 1 fully saturated rings. The number of aromatic nitrogens is 1. The minimum Gasteiger partial charge on any atom is -0.490 e. The maximum absolute atomic E-state index is 12.2. The monoisotopic (exact) mass is 325 g/mol. The molecule has 1 aromatic heterocycles. The summed E-state index contributed by atoms with van der Waals surface area (Å²) < 4.78 is 5.92. The number of nitrogens with one attached hydrogen (secondary N) is 1. The summed E-state index contributed by atoms with van der Waals surface area (Å²) in [4.78, 5) is 18.1. The van der Waals surface area contributed by atoms with E-state index in [4.69, 9.17) is 4.74 Å². The van der Waals surface area contributed by atoms with E-state index >= 15 is 0 Å². The predicted molar refractivity (Wildman–Crippen MR) is 93.0 cm³/mol. The molecule has 0 spiro atoms. The molecular formula is C19H23N3O2. The van der Waals surface area contributed by atoms with Crippen molar-refractivity contribution >= 4 is 6.03 Å². The van der Waals surface area contributed by atoms with Crippen LogP contribution >= 0.6 is 0 Å². The predicted octanol–water partition coefficient (Wildman–Crippen LogP) is 2.88. The van der Waals surface area contributed by atoms with Crippen molar-refractivity contribution in [2.24, 2.45) is 0 Å². The fraction of sp³-hybridized carbons (Fsp3) is 0.368. The number of urea groups is 1. The molecule has 0 saturated carbocycles. The van der Waals surface area contributed by atoms with Crippen molar-refractivity contribution in [2.45, 2.75) is 25.4 Å². The zero-order valence-corrected chi connectivity index (χ0v) is 13.7. The first-order valence-corrected chi connectivity index (χ1v) is 8.44. The fourth-order valence-electron chi connectivity index (χ4n) is 2.86. The van der Waals surface area contributed by atoms with Gasteiger partial charge in [-0.15, -0.1) is 0 Å². The van der Waals surface area contributed by atoms with Gasteiger partial charge in [0.15, 0.2) is 0 Å². The normalized spacial score (nSPS) is 15.1. The molecule has 0 bridgehead atoms. The summed E-state index contributed by atoms with van der Waals surface area (Å²) in [5, 5.41) is 3.00. The van der Waals surface area contributed by atoms with Crippen LogP contribution in [0.3, 0.4) is 0 Å². The number of rotatable bonds is 5. The van der Waals surface area contributed by atoms with Crippen LogP contribution in [-0.2, 0) is 6.42 Å². The number of ether oxygens (including phenoxy) is 1. The van der Waals surface area contributed by atoms with Crippen molar-refractivity contribution < 1.29 is 9.53 Å². The summed E-state index contributed by atoms with van der Waals surface area (Å²) in [5.74, 6) is 0.843. The highest BCUT2D eigenvalue weighted by Gasteiger charge is 2.23. The van der Waals surface area contributed by atoms with Crippen LogP contribution in [0.2, 0.25) is 0 Å². The van der Waals surface area contributed by atoms with Crippen LogP contribution in [0.4, 0.5) is 4.79 Å². The van der Waals surface area contributed by atoms with Gasteiger partial charge in [0, 0.05) is 44.9 Å². The smallest absolute Gasteiger partial charge is 0.317 e. The van der Waals surface area contributed by atoms with E-state index in [1.54, 1.807) is 12.4 Å². The molecule has 1 aliphatic heterocycles. The van der Waals surface area contributed by atoms with Crippen molar-refractivity contribution in [1.29, 1.82) is 0 Å². The third-order valence-corrected chi connectivity index (χ3v) is 4.21. The zero-order valence-electron chi connectivity index (χ0n) is 13.7. The highest BCUT2D eigenvalue weighted by atomic mass is 16.5. The van der Waals surface area contributed by atoms with Crippen LogP contribution in [0.5, 0.6) is 5.75 Å². The van der Waals surface area contributed by atoms with Crippen LogP contribution < -0.4 is 10.1 Å². The highest BCUT2D eigenvalue weighted by Crippen LogP contribution is 2.18. The summed E-state index contributed by atoms with van der Waals surface area (Å²) in [6.45, 7) is 2.12. The average molecular weight is 325 g/mol. The molecule has 24 heavy (non-hydrogen) atoms. The SMILES string of the molecule is O=C(NCCc1ccccc1)N1CCC(Oc2ccncc2)CC1. The Morgan fingerprint density at radius 3 is 2.54 bits per heavy atom. The van der Waals surface area contributed by atoms with Crippen molar-refractivity contribution in [3.05, 3.63) is 60.4 Å². The van der Waals surface area contributed by atoms with Gasteiger partial charge in [-0.25, -0.2) is 4.79 Å². The molecule has 5 nitrogen and oxygen atoms in total. The maximum atomic E-state index is 12.2. The number of hydrogen-bond donors (Lipinski definition) is 1. The Hall–Kier alpha value is -2.56. The molecule has 1 aliphatic rings. The van der Waals surface area contributed by atoms with Gasteiger partial charge in [-0.2, -0.15) is 0 Å². The Labute approximate surface area is 142 Å². The van der Waals surface area contributed by atoms with Crippen LogP contribution in [0.1, 0.15) is 18.4 Å². The molecule has 2 aromatic rings. The molecule has 0 radical (unpaired) electrons.